The zero-order chi connectivity index (χ0) is 42.5. The third-order valence-electron chi connectivity index (χ3n) is 8.11. The van der Waals surface area contributed by atoms with Crippen LogP contribution in [0.2, 0.25) is 0 Å². The van der Waals surface area contributed by atoms with E-state index in [-0.39, 0.29) is 83.7 Å². The number of carboxylic acids is 1. The number of carbonyl (C=O) groups is 5. The summed E-state index contributed by atoms with van der Waals surface area (Å²) in [4.78, 5) is 89.9. The number of aliphatic carboxylic acids is 1. The molecule has 20 nitrogen and oxygen atoms in total. The number of esters is 1. The third kappa shape index (κ3) is 12.1. The van der Waals surface area contributed by atoms with Gasteiger partial charge >= 0.3 is 25.3 Å². The highest BCUT2D eigenvalue weighted by molar-refractivity contribution is 7.48. The Kier molecular flexibility index (Phi) is 14.7. The number of H-pyrrole nitrogens is 1. The summed E-state index contributed by atoms with van der Waals surface area (Å²) in [5.41, 5.74) is 5.66. The van der Waals surface area contributed by atoms with Crippen LogP contribution in [0.4, 0.5) is 17.3 Å². The van der Waals surface area contributed by atoms with E-state index >= 15 is 0 Å². The molecule has 0 aliphatic heterocycles. The Balaban J connectivity index is 1.11. The molecule has 2 aromatic heterocycles. The molecule has 0 fully saturated rings. The van der Waals surface area contributed by atoms with Crippen molar-refractivity contribution in [2.75, 3.05) is 36.2 Å². The fraction of sp³-hybridized carbons (Fsp3) is 0.237. The van der Waals surface area contributed by atoms with Gasteiger partial charge in [0.05, 0.1) is 37.3 Å². The Bertz CT molecular complexity index is 2430. The average Bonchev–Trinajstić information content (AvgIpc) is 3.20. The summed E-state index contributed by atoms with van der Waals surface area (Å²) in [7, 11) is -3.65. The second-order valence-corrected chi connectivity index (χ2v) is 14.0. The van der Waals surface area contributed by atoms with E-state index in [0.29, 0.717) is 6.42 Å². The predicted molar refractivity (Wildman–Crippen MR) is 212 cm³/mol. The second kappa shape index (κ2) is 20.0. The number of aromatic amines is 1. The number of nitrogen functional groups attached to an aromatic ring is 1. The minimum absolute atomic E-state index is 0.0343. The first-order chi connectivity index (χ1) is 28.3. The van der Waals surface area contributed by atoms with Gasteiger partial charge in [-0.05, 0) is 80.8 Å². The summed E-state index contributed by atoms with van der Waals surface area (Å²) in [6, 6.07) is 16.6. The van der Waals surface area contributed by atoms with E-state index < -0.39 is 49.1 Å². The number of phosphoric ester groups is 1. The van der Waals surface area contributed by atoms with Crippen LogP contribution in [0, 0.1) is 0 Å². The van der Waals surface area contributed by atoms with Gasteiger partial charge in [-0.2, -0.15) is 4.98 Å². The Labute approximate surface area is 335 Å². The number of carboxylic acid groups (broad SMARTS) is 1. The number of hydrogen-bond donors (Lipinski definition) is 6. The standard InChI is InChI=1S/C38H39N8O12P/c1-3-55-59(54,56-4-2)57-20-19-22-9-15-25(16-10-22)58-37(53)26-7-5-6-8-27(26)42-30(47)18-17-28(36(51)52)44-33(48)23-11-13-24(14-12-23)41-34(49)29-21-40-32-31(43-29)35(50)46-38(39)45-32/h5-16,21,28H,3-4,17-20H2,1-2H3,(H,41,49)(H,42,47)(H,44,48)(H,51,52)(H3,39,40,45,46,50)/t28-/m0/s1. The van der Waals surface area contributed by atoms with E-state index in [1.807, 2.05) is 0 Å². The number of amides is 3. The third-order valence-corrected chi connectivity index (χ3v) is 9.76. The summed E-state index contributed by atoms with van der Waals surface area (Å²) in [6.07, 6.45) is 0.874. The van der Waals surface area contributed by atoms with Crippen molar-refractivity contribution < 1.29 is 52.0 Å². The lowest BCUT2D eigenvalue weighted by atomic mass is 10.1. The van der Waals surface area contributed by atoms with Gasteiger partial charge in [0.1, 0.15) is 17.5 Å². The van der Waals surface area contributed by atoms with Crippen LogP contribution in [0.15, 0.2) is 83.8 Å². The molecule has 0 aliphatic rings. The van der Waals surface area contributed by atoms with Gasteiger partial charge < -0.3 is 36.5 Å². The first kappa shape index (κ1) is 43.3. The van der Waals surface area contributed by atoms with E-state index in [0.717, 1.165) is 11.8 Å². The van der Waals surface area contributed by atoms with E-state index in [9.17, 15) is 38.4 Å². The highest BCUT2D eigenvalue weighted by Crippen LogP contribution is 2.49. The van der Waals surface area contributed by atoms with Gasteiger partial charge in [0.25, 0.3) is 11.8 Å². The number of para-hydroxylation sites is 1. The summed E-state index contributed by atoms with van der Waals surface area (Å²) < 4.78 is 33.5. The van der Waals surface area contributed by atoms with Crippen molar-refractivity contribution in [1.29, 1.82) is 0 Å². The van der Waals surface area contributed by atoms with E-state index in [2.05, 4.69) is 35.9 Å². The number of hydrogen-bond acceptors (Lipinski definition) is 15. The molecule has 3 aromatic carbocycles. The maximum atomic E-state index is 13.1. The van der Waals surface area contributed by atoms with Gasteiger partial charge in [0.15, 0.2) is 11.2 Å². The number of ether oxygens (including phenoxy) is 1. The summed E-state index contributed by atoms with van der Waals surface area (Å²) in [5.74, 6) is -4.19. The van der Waals surface area contributed by atoms with Crippen LogP contribution in [0.1, 0.15) is 63.5 Å². The highest BCUT2D eigenvalue weighted by Gasteiger charge is 2.25. The topological polar surface area (TPSA) is 293 Å². The number of rotatable bonds is 19. The minimum atomic E-state index is -3.65. The molecular weight excluding hydrogens is 791 g/mol. The molecule has 5 rings (SSSR count). The van der Waals surface area contributed by atoms with Crippen LogP contribution in [0.3, 0.4) is 0 Å². The van der Waals surface area contributed by atoms with Crippen LogP contribution in [0.5, 0.6) is 5.75 Å². The van der Waals surface area contributed by atoms with Crippen LogP contribution >= 0.6 is 7.82 Å². The van der Waals surface area contributed by atoms with Crippen molar-refractivity contribution in [3.8, 4) is 5.75 Å². The highest BCUT2D eigenvalue weighted by atomic mass is 31.2. The number of phosphoric acid groups is 1. The molecule has 0 saturated carbocycles. The van der Waals surface area contributed by atoms with Crippen molar-refractivity contribution in [2.24, 2.45) is 0 Å². The quantitative estimate of drug-likeness (QED) is 0.0388. The van der Waals surface area contributed by atoms with Crippen LogP contribution in [0.25, 0.3) is 11.2 Å². The Morgan fingerprint density at radius 2 is 1.58 bits per heavy atom. The zero-order valence-corrected chi connectivity index (χ0v) is 32.5. The lowest BCUT2D eigenvalue weighted by Gasteiger charge is -2.16. The molecule has 3 amide bonds. The SMILES string of the molecule is CCOP(=O)(OCC)OCCc1ccc(OC(=O)c2ccccc2NC(=O)CC[C@H](NC(=O)c2ccc(NC(=O)c3cnc4[nH]c(N)nc(=O)c4n3)cc2)C(=O)O)cc1. The van der Waals surface area contributed by atoms with Crippen LogP contribution < -0.4 is 32.0 Å². The Morgan fingerprint density at radius 1 is 0.881 bits per heavy atom. The zero-order valence-electron chi connectivity index (χ0n) is 31.6. The normalized spacial score (nSPS) is 11.7. The number of fused-ring (bicyclic) bond motifs is 1. The Morgan fingerprint density at radius 3 is 2.25 bits per heavy atom. The number of benzene rings is 3. The van der Waals surface area contributed by atoms with Crippen LogP contribution in [-0.2, 0) is 34.1 Å². The molecule has 0 unspecified atom stereocenters. The first-order valence-corrected chi connectivity index (χ1v) is 19.4. The maximum Gasteiger partial charge on any atom is 0.474 e. The molecule has 0 spiro atoms. The molecule has 59 heavy (non-hydrogen) atoms. The van der Waals surface area contributed by atoms with Crippen molar-refractivity contribution in [2.45, 2.75) is 39.2 Å². The summed E-state index contributed by atoms with van der Waals surface area (Å²) in [5, 5.41) is 17.3. The lowest BCUT2D eigenvalue weighted by Crippen LogP contribution is -2.41. The Hall–Kier alpha value is -6.86. The molecule has 2 heterocycles. The average molecular weight is 831 g/mol. The van der Waals surface area contributed by atoms with Crippen molar-refractivity contribution in [3.05, 3.63) is 112 Å². The molecule has 308 valence electrons. The largest absolute Gasteiger partial charge is 0.480 e. The van der Waals surface area contributed by atoms with Gasteiger partial charge in [0.2, 0.25) is 11.9 Å². The van der Waals surface area contributed by atoms with E-state index in [1.54, 1.807) is 50.2 Å². The van der Waals surface area contributed by atoms with E-state index in [1.165, 1.54) is 36.4 Å². The second-order valence-electron chi connectivity index (χ2n) is 12.3. The summed E-state index contributed by atoms with van der Waals surface area (Å²) in [6.45, 7) is 3.74. The number of nitrogens with two attached hydrogens (primary N) is 1. The molecule has 1 atom stereocenters. The fourth-order valence-corrected chi connectivity index (χ4v) is 6.47. The minimum Gasteiger partial charge on any atom is -0.480 e. The molecule has 0 radical (unpaired) electrons. The molecule has 7 N–H and O–H groups in total. The summed E-state index contributed by atoms with van der Waals surface area (Å²) >= 11 is 0. The monoisotopic (exact) mass is 830 g/mol. The first-order valence-electron chi connectivity index (χ1n) is 18.0. The number of anilines is 3. The van der Waals surface area contributed by atoms with E-state index in [4.69, 9.17) is 24.0 Å². The maximum absolute atomic E-state index is 13.1. The van der Waals surface area contributed by atoms with Gasteiger partial charge in [-0.15, -0.1) is 0 Å². The fourth-order valence-electron chi connectivity index (χ4n) is 5.30. The van der Waals surface area contributed by atoms with Crippen molar-refractivity contribution in [1.82, 2.24) is 25.3 Å². The molecule has 21 heteroatoms. The molecule has 0 saturated heterocycles. The molecular formula is C38H39N8O12P. The smallest absolute Gasteiger partial charge is 0.474 e. The van der Waals surface area contributed by atoms with Gasteiger partial charge in [0, 0.05) is 17.7 Å². The number of nitrogens with one attached hydrogen (secondary N) is 4. The number of nitrogens with zero attached hydrogens (tertiary/aromatic N) is 3. The number of carbonyl (C=O) groups excluding carboxylic acids is 4. The lowest BCUT2D eigenvalue weighted by molar-refractivity contribution is -0.139. The van der Waals surface area contributed by atoms with Crippen molar-refractivity contribution in [3.63, 3.8) is 0 Å². The number of aromatic nitrogens is 4. The van der Waals surface area contributed by atoms with Gasteiger partial charge in [-0.25, -0.2) is 24.1 Å². The predicted octanol–water partition coefficient (Wildman–Crippen LogP) is 4.11. The van der Waals surface area contributed by atoms with Gasteiger partial charge in [-0.3, -0.25) is 32.7 Å². The van der Waals surface area contributed by atoms with Crippen LogP contribution in [-0.4, -0.2) is 80.6 Å². The van der Waals surface area contributed by atoms with Crippen molar-refractivity contribution >= 4 is 66.0 Å². The van der Waals surface area contributed by atoms with Gasteiger partial charge in [-0.1, -0.05) is 24.3 Å². The molecule has 0 bridgehead atoms. The molecule has 5 aromatic rings. The molecule has 0 aliphatic carbocycles.